The molecule has 0 bridgehead atoms. The van der Waals surface area contributed by atoms with Crippen molar-refractivity contribution in [3.63, 3.8) is 0 Å². The van der Waals surface area contributed by atoms with Crippen molar-refractivity contribution in [1.29, 1.82) is 0 Å². The van der Waals surface area contributed by atoms with Crippen LogP contribution >= 0.6 is 0 Å². The predicted molar refractivity (Wildman–Crippen MR) is 164 cm³/mol. The zero-order chi connectivity index (χ0) is 27.7. The molecule has 0 atom stereocenters. The summed E-state index contributed by atoms with van der Waals surface area (Å²) < 4.78 is 14.0. The highest BCUT2D eigenvalue weighted by Crippen LogP contribution is 2.32. The van der Waals surface area contributed by atoms with Gasteiger partial charge in [0.1, 0.15) is 19.4 Å². The van der Waals surface area contributed by atoms with Gasteiger partial charge in [-0.25, -0.2) is 0 Å². The van der Waals surface area contributed by atoms with Crippen LogP contribution in [0.3, 0.4) is 0 Å². The van der Waals surface area contributed by atoms with E-state index in [1.54, 1.807) is 4.49 Å². The number of ether oxygens (including phenoxy) is 2. The van der Waals surface area contributed by atoms with Gasteiger partial charge in [0.2, 0.25) is 0 Å². The average molecular weight is 526 g/mol. The zero-order valence-electron chi connectivity index (χ0n) is 22.7. The Kier molecular flexibility index (Phi) is 8.79. The molecule has 1 aliphatic heterocycles. The van der Waals surface area contributed by atoms with Crippen LogP contribution in [0.25, 0.3) is 17.7 Å². The zero-order valence-corrected chi connectivity index (χ0v) is 22.7. The Morgan fingerprint density at radius 2 is 1.55 bits per heavy atom. The molecule has 3 radical (unpaired) electrons. The van der Waals surface area contributed by atoms with Gasteiger partial charge >= 0.3 is 0 Å². The Hall–Kier alpha value is -4.55. The molecule has 3 N–H and O–H groups in total. The van der Waals surface area contributed by atoms with Crippen molar-refractivity contribution in [3.8, 4) is 11.5 Å². The van der Waals surface area contributed by atoms with Crippen LogP contribution in [0.15, 0.2) is 103 Å². The molecule has 5 rings (SSSR count). The summed E-state index contributed by atoms with van der Waals surface area (Å²) in [4.78, 5) is 3.56. The Morgan fingerprint density at radius 3 is 2.17 bits per heavy atom. The van der Waals surface area contributed by atoms with E-state index in [1.165, 1.54) is 0 Å². The maximum atomic E-state index is 6.24. The van der Waals surface area contributed by atoms with E-state index in [2.05, 4.69) is 54.4 Å². The average Bonchev–Trinajstić information content (AvgIpc) is 3.58. The van der Waals surface area contributed by atoms with Crippen LogP contribution in [-0.4, -0.2) is 30.2 Å². The van der Waals surface area contributed by atoms with E-state index in [0.29, 0.717) is 31.3 Å². The van der Waals surface area contributed by atoms with Gasteiger partial charge in [-0.15, -0.1) is 7.98 Å². The highest BCUT2D eigenvalue weighted by molar-refractivity contribution is 6.01. The molecule has 0 spiro atoms. The second kappa shape index (κ2) is 13.0. The fourth-order valence-electron chi connectivity index (χ4n) is 4.68. The molecule has 0 saturated carbocycles. The number of allylic oxidation sites excluding steroid dienone is 2. The Bertz CT molecular complexity index is 1570. The SMILES string of the molecule is [B-][N+]1=CC=CC1=C(CCN)c1[nH]c(/C=C/c2ccc(OCc3ccccc3)c(OCc3ccccc3)c2)cc1C. The molecule has 0 unspecified atom stereocenters. The fourth-order valence-corrected chi connectivity index (χ4v) is 4.68. The standard InChI is InChI=1S/C34H33BN3O2/c1-25-21-29(37-34(25)30(18-19-36)31-13-8-20-38(31)35)16-14-26-15-17-32(39-23-27-9-4-2-5-10-27)33(22-26)40-24-28-11-6-3-7-12-28/h2-17,20-22,37H,18-19,23-24,36H2,1H3/b16-14+,31-30?. The first-order chi connectivity index (χ1) is 19.6. The molecule has 1 aliphatic rings. The van der Waals surface area contributed by atoms with Crippen LogP contribution in [0.4, 0.5) is 0 Å². The molecule has 0 saturated heterocycles. The minimum Gasteiger partial charge on any atom is -0.509 e. The van der Waals surface area contributed by atoms with E-state index >= 15 is 0 Å². The minimum absolute atomic E-state index is 0.456. The quantitative estimate of drug-likeness (QED) is 0.221. The number of aromatic nitrogens is 1. The van der Waals surface area contributed by atoms with Gasteiger partial charge in [-0.3, -0.25) is 0 Å². The summed E-state index contributed by atoms with van der Waals surface area (Å²) >= 11 is 0. The summed E-state index contributed by atoms with van der Waals surface area (Å²) in [7, 11) is 6.15. The molecular weight excluding hydrogens is 493 g/mol. The van der Waals surface area contributed by atoms with Gasteiger partial charge < -0.3 is 24.7 Å². The summed E-state index contributed by atoms with van der Waals surface area (Å²) in [5.74, 6) is 1.41. The minimum atomic E-state index is 0.456. The molecule has 2 heterocycles. The van der Waals surface area contributed by atoms with E-state index in [1.807, 2.05) is 73.0 Å². The van der Waals surface area contributed by atoms with E-state index in [0.717, 1.165) is 51.3 Å². The molecule has 0 amide bonds. The summed E-state index contributed by atoms with van der Waals surface area (Å²) in [6.07, 6.45) is 10.7. The molecule has 0 aliphatic carbocycles. The third-order valence-electron chi connectivity index (χ3n) is 6.72. The van der Waals surface area contributed by atoms with E-state index < -0.39 is 0 Å². The Morgan fingerprint density at radius 1 is 0.875 bits per heavy atom. The Labute approximate surface area is 237 Å². The van der Waals surface area contributed by atoms with Gasteiger partial charge in [-0.05, 0) is 66.4 Å². The molecule has 0 fully saturated rings. The predicted octanol–water partition coefficient (Wildman–Crippen LogP) is 6.45. The second-order valence-electron chi connectivity index (χ2n) is 9.69. The first-order valence-corrected chi connectivity index (χ1v) is 13.4. The van der Waals surface area contributed by atoms with Crippen molar-refractivity contribution in [2.45, 2.75) is 26.6 Å². The summed E-state index contributed by atoms with van der Waals surface area (Å²) in [6, 6.07) is 28.4. The molecule has 199 valence electrons. The summed E-state index contributed by atoms with van der Waals surface area (Å²) in [5, 5.41) is 0. The number of nitrogens with zero attached hydrogens (tertiary/aromatic N) is 1. The highest BCUT2D eigenvalue weighted by Gasteiger charge is 2.16. The van der Waals surface area contributed by atoms with Crippen molar-refractivity contribution in [3.05, 3.63) is 136 Å². The van der Waals surface area contributed by atoms with Gasteiger partial charge in [0.05, 0.1) is 5.69 Å². The van der Waals surface area contributed by atoms with Crippen molar-refractivity contribution >= 4 is 31.9 Å². The van der Waals surface area contributed by atoms with Gasteiger partial charge in [0, 0.05) is 23.4 Å². The number of aromatic amines is 1. The van der Waals surface area contributed by atoms with Crippen LogP contribution in [-0.2, 0) is 13.2 Å². The maximum absolute atomic E-state index is 6.24. The topological polar surface area (TPSA) is 63.3 Å². The van der Waals surface area contributed by atoms with E-state index in [4.69, 9.17) is 23.2 Å². The van der Waals surface area contributed by atoms with E-state index in [-0.39, 0.29) is 0 Å². The van der Waals surface area contributed by atoms with Gasteiger partial charge in [-0.2, -0.15) is 0 Å². The van der Waals surface area contributed by atoms with Crippen LogP contribution in [0.1, 0.15) is 40.1 Å². The van der Waals surface area contributed by atoms with Crippen LogP contribution in [0.5, 0.6) is 11.5 Å². The first kappa shape index (κ1) is 27.0. The molecule has 4 aromatic rings. The smallest absolute Gasteiger partial charge is 0.162 e. The van der Waals surface area contributed by atoms with Gasteiger partial charge in [-0.1, -0.05) is 72.8 Å². The number of nitrogens with two attached hydrogens (primary N) is 1. The molecule has 1 aromatic heterocycles. The number of benzene rings is 3. The number of hydrogen-bond donors (Lipinski definition) is 2. The lowest BCUT2D eigenvalue weighted by molar-refractivity contribution is -0.294. The number of aryl methyl sites for hydroxylation is 1. The maximum Gasteiger partial charge on any atom is 0.162 e. The molecule has 6 heteroatoms. The second-order valence-corrected chi connectivity index (χ2v) is 9.69. The molecule has 40 heavy (non-hydrogen) atoms. The lowest BCUT2D eigenvalue weighted by Gasteiger charge is -2.14. The largest absolute Gasteiger partial charge is 0.509 e. The molecule has 3 aromatic carbocycles. The van der Waals surface area contributed by atoms with Crippen molar-refractivity contribution in [2.24, 2.45) is 5.73 Å². The van der Waals surface area contributed by atoms with Crippen LogP contribution in [0.2, 0.25) is 0 Å². The monoisotopic (exact) mass is 526 g/mol. The third kappa shape index (κ3) is 6.71. The van der Waals surface area contributed by atoms with Gasteiger partial charge in [0.25, 0.3) is 0 Å². The van der Waals surface area contributed by atoms with Gasteiger partial charge in [0.15, 0.2) is 17.2 Å². The fraction of sp³-hybridized carbons (Fsp3) is 0.147. The van der Waals surface area contributed by atoms with Crippen LogP contribution < -0.4 is 15.2 Å². The van der Waals surface area contributed by atoms with E-state index in [9.17, 15) is 0 Å². The van der Waals surface area contributed by atoms with Crippen molar-refractivity contribution in [2.75, 3.05) is 6.54 Å². The molecular formula is C34H33BN3O2. The summed E-state index contributed by atoms with van der Waals surface area (Å²) in [6.45, 7) is 3.56. The highest BCUT2D eigenvalue weighted by atomic mass is 16.5. The lowest BCUT2D eigenvalue weighted by Crippen LogP contribution is -2.09. The number of hydrogen-bond acceptors (Lipinski definition) is 3. The normalized spacial score (nSPS) is 14.0. The Balaban J connectivity index is 1.38. The summed E-state index contributed by atoms with van der Waals surface area (Å²) in [5.41, 5.74) is 14.4. The number of H-pyrrole nitrogens is 1. The number of nitrogens with one attached hydrogen (secondary N) is 1. The third-order valence-corrected chi connectivity index (χ3v) is 6.72. The van der Waals surface area contributed by atoms with Crippen molar-refractivity contribution < 1.29 is 14.0 Å². The molecule has 5 nitrogen and oxygen atoms in total. The lowest BCUT2D eigenvalue weighted by atomic mass is 10.0. The van der Waals surface area contributed by atoms with Crippen LogP contribution in [0, 0.1) is 6.92 Å². The van der Waals surface area contributed by atoms with Crippen molar-refractivity contribution in [1.82, 2.24) is 4.98 Å². The first-order valence-electron chi connectivity index (χ1n) is 13.4. The number of rotatable bonds is 11.